The molecule has 0 bridgehead atoms. The summed E-state index contributed by atoms with van der Waals surface area (Å²) in [4.78, 5) is 0. The van der Waals surface area contributed by atoms with Crippen molar-refractivity contribution in [3.05, 3.63) is 34.6 Å². The SMILES string of the molecule is CC(C)(C)c1nnnn1-c1ccc(Br)cc1. The number of benzene rings is 1. The molecule has 0 fully saturated rings. The molecule has 5 heteroatoms. The summed E-state index contributed by atoms with van der Waals surface area (Å²) < 4.78 is 2.81. The molecule has 2 rings (SSSR count). The number of aromatic nitrogens is 4. The van der Waals surface area contributed by atoms with Gasteiger partial charge in [0.2, 0.25) is 0 Å². The molecule has 0 amide bonds. The Bertz CT molecular complexity index is 481. The summed E-state index contributed by atoms with van der Waals surface area (Å²) in [7, 11) is 0. The van der Waals surface area contributed by atoms with Crippen molar-refractivity contribution >= 4 is 15.9 Å². The predicted molar refractivity (Wildman–Crippen MR) is 65.6 cm³/mol. The van der Waals surface area contributed by atoms with E-state index in [4.69, 9.17) is 0 Å². The molecule has 0 spiro atoms. The summed E-state index contributed by atoms with van der Waals surface area (Å²) in [6.07, 6.45) is 0. The Morgan fingerprint density at radius 2 is 1.75 bits per heavy atom. The molecular weight excluding hydrogens is 268 g/mol. The number of hydrogen-bond donors (Lipinski definition) is 0. The van der Waals surface area contributed by atoms with Crippen molar-refractivity contribution < 1.29 is 0 Å². The van der Waals surface area contributed by atoms with Gasteiger partial charge in [0, 0.05) is 9.89 Å². The number of rotatable bonds is 1. The van der Waals surface area contributed by atoms with Crippen LogP contribution in [0.25, 0.3) is 5.69 Å². The molecule has 0 aliphatic rings. The first kappa shape index (κ1) is 11.3. The van der Waals surface area contributed by atoms with E-state index in [0.29, 0.717) is 0 Å². The number of hydrogen-bond acceptors (Lipinski definition) is 3. The van der Waals surface area contributed by atoms with Crippen molar-refractivity contribution in [2.75, 3.05) is 0 Å². The van der Waals surface area contributed by atoms with Crippen LogP contribution < -0.4 is 0 Å². The maximum Gasteiger partial charge on any atom is 0.162 e. The minimum atomic E-state index is -0.0728. The van der Waals surface area contributed by atoms with Gasteiger partial charge in [0.25, 0.3) is 0 Å². The predicted octanol–water partition coefficient (Wildman–Crippen LogP) is 2.72. The fourth-order valence-electron chi connectivity index (χ4n) is 1.41. The van der Waals surface area contributed by atoms with Crippen LogP contribution in [0.5, 0.6) is 0 Å². The van der Waals surface area contributed by atoms with Crippen LogP contribution >= 0.6 is 15.9 Å². The largest absolute Gasteiger partial charge is 0.197 e. The van der Waals surface area contributed by atoms with Crippen LogP contribution in [0.15, 0.2) is 28.7 Å². The Hall–Kier alpha value is -1.23. The van der Waals surface area contributed by atoms with E-state index in [1.165, 1.54) is 0 Å². The smallest absolute Gasteiger partial charge is 0.162 e. The van der Waals surface area contributed by atoms with Gasteiger partial charge in [0.05, 0.1) is 5.69 Å². The van der Waals surface area contributed by atoms with Gasteiger partial charge in [-0.2, -0.15) is 4.68 Å². The molecule has 0 saturated carbocycles. The highest BCUT2D eigenvalue weighted by Crippen LogP contribution is 2.22. The lowest BCUT2D eigenvalue weighted by atomic mass is 9.96. The number of tetrazole rings is 1. The van der Waals surface area contributed by atoms with Gasteiger partial charge < -0.3 is 0 Å². The average molecular weight is 281 g/mol. The van der Waals surface area contributed by atoms with Gasteiger partial charge in [-0.05, 0) is 34.7 Å². The molecule has 0 aliphatic heterocycles. The van der Waals surface area contributed by atoms with Gasteiger partial charge in [0.15, 0.2) is 5.82 Å². The summed E-state index contributed by atoms with van der Waals surface area (Å²) in [5.74, 6) is 0.856. The third-order valence-electron chi connectivity index (χ3n) is 2.21. The molecule has 0 N–H and O–H groups in total. The molecule has 1 heterocycles. The first-order chi connectivity index (χ1) is 7.48. The van der Waals surface area contributed by atoms with Crippen LogP contribution in [0.2, 0.25) is 0 Å². The van der Waals surface area contributed by atoms with Crippen LogP contribution in [0.1, 0.15) is 26.6 Å². The highest BCUT2D eigenvalue weighted by atomic mass is 79.9. The van der Waals surface area contributed by atoms with Crippen molar-refractivity contribution in [3.8, 4) is 5.69 Å². The molecule has 0 saturated heterocycles. The maximum atomic E-state index is 4.08. The highest BCUT2D eigenvalue weighted by molar-refractivity contribution is 9.10. The molecule has 4 nitrogen and oxygen atoms in total. The molecule has 1 aromatic carbocycles. The Balaban J connectivity index is 2.49. The quantitative estimate of drug-likeness (QED) is 0.807. The zero-order chi connectivity index (χ0) is 11.8. The van der Waals surface area contributed by atoms with Crippen LogP contribution in [0.3, 0.4) is 0 Å². The second-order valence-electron chi connectivity index (χ2n) is 4.64. The molecule has 84 valence electrons. The summed E-state index contributed by atoms with van der Waals surface area (Å²) in [5.41, 5.74) is 0.898. The van der Waals surface area contributed by atoms with E-state index < -0.39 is 0 Å². The number of nitrogens with zero attached hydrogens (tertiary/aromatic N) is 4. The van der Waals surface area contributed by atoms with E-state index in [0.717, 1.165) is 16.0 Å². The molecule has 0 aliphatic carbocycles. The molecule has 0 atom stereocenters. The van der Waals surface area contributed by atoms with E-state index in [-0.39, 0.29) is 5.41 Å². The van der Waals surface area contributed by atoms with Crippen molar-refractivity contribution in [1.82, 2.24) is 20.2 Å². The topological polar surface area (TPSA) is 43.6 Å². The first-order valence-corrected chi connectivity index (χ1v) is 5.82. The molecule has 0 unspecified atom stereocenters. The van der Waals surface area contributed by atoms with Crippen LogP contribution in [-0.2, 0) is 5.41 Å². The minimum Gasteiger partial charge on any atom is -0.197 e. The van der Waals surface area contributed by atoms with E-state index in [9.17, 15) is 0 Å². The zero-order valence-electron chi connectivity index (χ0n) is 9.48. The summed E-state index contributed by atoms with van der Waals surface area (Å²) in [6.45, 7) is 6.27. The van der Waals surface area contributed by atoms with Gasteiger partial charge in [-0.25, -0.2) is 0 Å². The molecular formula is C11H13BrN4. The standard InChI is InChI=1S/C11H13BrN4/c1-11(2,3)10-13-14-15-16(10)9-6-4-8(12)5-7-9/h4-7H,1-3H3. The third-order valence-corrected chi connectivity index (χ3v) is 2.74. The number of halogens is 1. The van der Waals surface area contributed by atoms with Crippen molar-refractivity contribution in [2.45, 2.75) is 26.2 Å². The van der Waals surface area contributed by atoms with E-state index >= 15 is 0 Å². The normalized spacial score (nSPS) is 11.8. The lowest BCUT2D eigenvalue weighted by Crippen LogP contribution is -2.18. The summed E-state index contributed by atoms with van der Waals surface area (Å²) in [6, 6.07) is 7.91. The zero-order valence-corrected chi connectivity index (χ0v) is 11.1. The van der Waals surface area contributed by atoms with E-state index in [2.05, 4.69) is 52.2 Å². The van der Waals surface area contributed by atoms with Crippen molar-refractivity contribution in [1.29, 1.82) is 0 Å². The fourth-order valence-corrected chi connectivity index (χ4v) is 1.68. The molecule has 16 heavy (non-hydrogen) atoms. The molecule has 0 radical (unpaired) electrons. The molecule has 1 aromatic heterocycles. The fraction of sp³-hybridized carbons (Fsp3) is 0.364. The minimum absolute atomic E-state index is 0.0728. The lowest BCUT2D eigenvalue weighted by Gasteiger charge is -2.16. The average Bonchev–Trinajstić information content (AvgIpc) is 2.66. The first-order valence-electron chi connectivity index (χ1n) is 5.03. The van der Waals surface area contributed by atoms with Gasteiger partial charge in [0.1, 0.15) is 0 Å². The summed E-state index contributed by atoms with van der Waals surface area (Å²) >= 11 is 3.41. The lowest BCUT2D eigenvalue weighted by molar-refractivity contribution is 0.526. The van der Waals surface area contributed by atoms with Crippen molar-refractivity contribution in [3.63, 3.8) is 0 Å². The van der Waals surface area contributed by atoms with Crippen LogP contribution in [-0.4, -0.2) is 20.2 Å². The van der Waals surface area contributed by atoms with Gasteiger partial charge in [-0.15, -0.1) is 5.10 Å². The second-order valence-corrected chi connectivity index (χ2v) is 5.56. The highest BCUT2D eigenvalue weighted by Gasteiger charge is 2.22. The van der Waals surface area contributed by atoms with Crippen LogP contribution in [0.4, 0.5) is 0 Å². The van der Waals surface area contributed by atoms with E-state index in [1.807, 2.05) is 24.3 Å². The second kappa shape index (κ2) is 3.97. The Morgan fingerprint density at radius 3 is 2.31 bits per heavy atom. The Morgan fingerprint density at radius 1 is 1.12 bits per heavy atom. The third kappa shape index (κ3) is 2.14. The van der Waals surface area contributed by atoms with Gasteiger partial charge in [-0.1, -0.05) is 36.7 Å². The van der Waals surface area contributed by atoms with Crippen molar-refractivity contribution in [2.24, 2.45) is 0 Å². The van der Waals surface area contributed by atoms with E-state index in [1.54, 1.807) is 4.68 Å². The van der Waals surface area contributed by atoms with Gasteiger partial charge in [-0.3, -0.25) is 0 Å². The Labute approximate surface area is 103 Å². The van der Waals surface area contributed by atoms with Gasteiger partial charge >= 0.3 is 0 Å². The monoisotopic (exact) mass is 280 g/mol. The maximum absolute atomic E-state index is 4.08. The Kier molecular flexibility index (Phi) is 2.80. The summed E-state index contributed by atoms with van der Waals surface area (Å²) in [5, 5.41) is 11.8. The van der Waals surface area contributed by atoms with Crippen LogP contribution in [0, 0.1) is 0 Å². The molecule has 2 aromatic rings.